The Labute approximate surface area is 211 Å². The summed E-state index contributed by atoms with van der Waals surface area (Å²) in [5.74, 6) is -1.87. The highest BCUT2D eigenvalue weighted by Gasteiger charge is 2.21. The first-order valence-corrected chi connectivity index (χ1v) is 10.7. The number of carbonyl (C=O) groups is 3. The van der Waals surface area contributed by atoms with Crippen molar-refractivity contribution in [1.29, 1.82) is 0 Å². The van der Waals surface area contributed by atoms with Gasteiger partial charge in [-0.1, -0.05) is 12.1 Å². The van der Waals surface area contributed by atoms with Crippen molar-refractivity contribution in [3.63, 3.8) is 0 Å². The molecule has 0 unspecified atom stereocenters. The van der Waals surface area contributed by atoms with Gasteiger partial charge in [-0.25, -0.2) is 10.2 Å². The molecule has 12 nitrogen and oxygen atoms in total. The Kier molecular flexibility index (Phi) is 8.49. The predicted octanol–water partition coefficient (Wildman–Crippen LogP) is 3.31. The Morgan fingerprint density at radius 2 is 1.57 bits per heavy atom. The number of rotatable bonds is 8. The van der Waals surface area contributed by atoms with Crippen molar-refractivity contribution in [3.8, 4) is 17.2 Å². The number of carbonyl (C=O) groups excluding carboxylic acids is 3. The lowest BCUT2D eigenvalue weighted by molar-refractivity contribution is -0.385. The molecule has 0 aliphatic heterocycles. The van der Waals surface area contributed by atoms with Crippen LogP contribution in [0.15, 0.2) is 71.8 Å². The molecule has 190 valence electrons. The molecule has 3 aromatic carbocycles. The zero-order valence-corrected chi connectivity index (χ0v) is 20.0. The molecule has 0 radical (unpaired) electrons. The first-order chi connectivity index (χ1) is 17.7. The van der Waals surface area contributed by atoms with Crippen molar-refractivity contribution in [2.24, 2.45) is 5.10 Å². The fourth-order valence-electron chi connectivity index (χ4n) is 3.06. The van der Waals surface area contributed by atoms with Crippen molar-refractivity contribution in [3.05, 3.63) is 88.0 Å². The molecule has 12 heteroatoms. The van der Waals surface area contributed by atoms with Crippen LogP contribution in [0.1, 0.15) is 22.8 Å². The average molecular weight is 506 g/mol. The van der Waals surface area contributed by atoms with E-state index in [1.807, 2.05) is 0 Å². The summed E-state index contributed by atoms with van der Waals surface area (Å²) in [6.45, 7) is 1.60. The van der Waals surface area contributed by atoms with Gasteiger partial charge in [-0.3, -0.25) is 19.7 Å². The fraction of sp³-hybridized carbons (Fsp3) is 0.120. The molecule has 0 aromatic heterocycles. The molecule has 0 atom stereocenters. The minimum Gasteiger partial charge on any atom is -0.497 e. The highest BCUT2D eigenvalue weighted by molar-refractivity contribution is 6.39. The molecule has 2 N–H and O–H groups in total. The molecular weight excluding hydrogens is 484 g/mol. The van der Waals surface area contributed by atoms with Crippen molar-refractivity contribution >= 4 is 34.9 Å². The molecule has 0 aliphatic rings. The predicted molar refractivity (Wildman–Crippen MR) is 133 cm³/mol. The summed E-state index contributed by atoms with van der Waals surface area (Å²) >= 11 is 0. The number of esters is 1. The van der Waals surface area contributed by atoms with Gasteiger partial charge in [0.2, 0.25) is 0 Å². The lowest BCUT2D eigenvalue weighted by Crippen LogP contribution is -2.33. The van der Waals surface area contributed by atoms with Gasteiger partial charge >= 0.3 is 17.8 Å². The summed E-state index contributed by atoms with van der Waals surface area (Å²) in [6.07, 6.45) is 0. The zero-order chi connectivity index (χ0) is 26.9. The second kappa shape index (κ2) is 11.9. The van der Waals surface area contributed by atoms with Crippen LogP contribution >= 0.6 is 0 Å². The van der Waals surface area contributed by atoms with E-state index in [4.69, 9.17) is 14.2 Å². The van der Waals surface area contributed by atoms with Crippen LogP contribution in [-0.2, 0) is 9.59 Å². The number of ether oxygens (including phenoxy) is 3. The Morgan fingerprint density at radius 1 is 0.892 bits per heavy atom. The highest BCUT2D eigenvalue weighted by Crippen LogP contribution is 2.29. The van der Waals surface area contributed by atoms with Crippen LogP contribution < -0.4 is 25.0 Å². The van der Waals surface area contributed by atoms with Gasteiger partial charge in [0, 0.05) is 12.1 Å². The number of nitrogens with one attached hydrogen (secondary N) is 2. The summed E-state index contributed by atoms with van der Waals surface area (Å²) in [5, 5.41) is 17.5. The topological polar surface area (TPSA) is 158 Å². The van der Waals surface area contributed by atoms with Crippen molar-refractivity contribution in [2.75, 3.05) is 19.5 Å². The third-order valence-corrected chi connectivity index (χ3v) is 4.99. The summed E-state index contributed by atoms with van der Waals surface area (Å²) in [5.41, 5.74) is 2.82. The number of benzene rings is 3. The molecular formula is C25H22N4O8. The van der Waals surface area contributed by atoms with Gasteiger partial charge in [0.1, 0.15) is 22.8 Å². The monoisotopic (exact) mass is 506 g/mol. The molecule has 3 rings (SSSR count). The smallest absolute Gasteiger partial charge is 0.350 e. The summed E-state index contributed by atoms with van der Waals surface area (Å²) < 4.78 is 15.5. The van der Waals surface area contributed by atoms with Crippen molar-refractivity contribution < 1.29 is 33.5 Å². The molecule has 0 aliphatic carbocycles. The van der Waals surface area contributed by atoms with Gasteiger partial charge < -0.3 is 19.5 Å². The molecule has 0 bridgehead atoms. The maximum atomic E-state index is 12.4. The number of para-hydroxylation sites is 1. The number of nitrogens with zero attached hydrogens (tertiary/aromatic N) is 2. The van der Waals surface area contributed by atoms with E-state index in [1.165, 1.54) is 56.7 Å². The number of methoxy groups -OCH3 is 2. The zero-order valence-electron chi connectivity index (χ0n) is 20.0. The van der Waals surface area contributed by atoms with Crippen LogP contribution in [0.5, 0.6) is 17.2 Å². The van der Waals surface area contributed by atoms with Crippen LogP contribution in [-0.4, -0.2) is 42.6 Å². The number of hydrogen-bond donors (Lipinski definition) is 2. The molecule has 3 aromatic rings. The Hall–Kier alpha value is -5.26. The van der Waals surface area contributed by atoms with Gasteiger partial charge in [-0.2, -0.15) is 5.10 Å². The number of anilines is 1. The fourth-order valence-corrected chi connectivity index (χ4v) is 3.06. The van der Waals surface area contributed by atoms with Gasteiger partial charge in [0.25, 0.3) is 5.69 Å². The first kappa shape index (κ1) is 26.3. The SMILES string of the molecule is COc1ccc(NC(=O)C(=O)NN=C(C)c2ccc(OC(=O)c3ccccc3[N+](=O)[O-])cc2)c(OC)c1. The molecule has 0 saturated carbocycles. The third kappa shape index (κ3) is 6.66. The standard InChI is InChI=1S/C25H22N4O8/c1-15(27-28-24(31)23(30)26-20-13-12-18(35-2)14-22(20)36-3)16-8-10-17(11-9-16)37-25(32)19-6-4-5-7-21(19)29(33)34/h4-14H,1-3H3,(H,26,30)(H,28,31). The molecule has 37 heavy (non-hydrogen) atoms. The normalized spacial score (nSPS) is 10.7. The van der Waals surface area contributed by atoms with E-state index in [0.29, 0.717) is 22.8 Å². The van der Waals surface area contributed by atoms with Gasteiger partial charge in [-0.15, -0.1) is 0 Å². The molecule has 0 spiro atoms. The maximum absolute atomic E-state index is 12.4. The summed E-state index contributed by atoms with van der Waals surface area (Å²) in [6, 6.07) is 16.2. The largest absolute Gasteiger partial charge is 0.497 e. The second-order valence-electron chi connectivity index (χ2n) is 7.35. The van der Waals surface area contributed by atoms with Gasteiger partial charge in [0.15, 0.2) is 0 Å². The first-order valence-electron chi connectivity index (χ1n) is 10.7. The Morgan fingerprint density at radius 3 is 2.22 bits per heavy atom. The van der Waals surface area contributed by atoms with Crippen LogP contribution in [0.2, 0.25) is 0 Å². The molecule has 0 saturated heterocycles. The van der Waals surface area contributed by atoms with Gasteiger partial charge in [-0.05, 0) is 55.0 Å². The maximum Gasteiger partial charge on any atom is 0.350 e. The lowest BCUT2D eigenvalue weighted by Gasteiger charge is -2.11. The summed E-state index contributed by atoms with van der Waals surface area (Å²) in [7, 11) is 2.90. The summed E-state index contributed by atoms with van der Waals surface area (Å²) in [4.78, 5) is 47.2. The second-order valence-corrected chi connectivity index (χ2v) is 7.35. The minimum absolute atomic E-state index is 0.150. The number of nitro groups is 1. The van der Waals surface area contributed by atoms with Crippen molar-refractivity contribution in [2.45, 2.75) is 6.92 Å². The van der Waals surface area contributed by atoms with E-state index in [1.54, 1.807) is 31.2 Å². The number of hydrogen-bond acceptors (Lipinski definition) is 9. The van der Waals surface area contributed by atoms with E-state index in [2.05, 4.69) is 15.8 Å². The quantitative estimate of drug-likeness (QED) is 0.118. The number of hydrazone groups is 1. The highest BCUT2D eigenvalue weighted by atomic mass is 16.6. The number of amides is 2. The van der Waals surface area contributed by atoms with E-state index < -0.39 is 22.7 Å². The van der Waals surface area contributed by atoms with E-state index >= 15 is 0 Å². The molecule has 0 heterocycles. The lowest BCUT2D eigenvalue weighted by atomic mass is 10.1. The van der Waals surface area contributed by atoms with E-state index in [9.17, 15) is 24.5 Å². The Bertz CT molecular complexity index is 1370. The third-order valence-electron chi connectivity index (χ3n) is 4.99. The van der Waals surface area contributed by atoms with Crippen LogP contribution in [0.25, 0.3) is 0 Å². The van der Waals surface area contributed by atoms with Crippen molar-refractivity contribution in [1.82, 2.24) is 5.43 Å². The van der Waals surface area contributed by atoms with E-state index in [0.717, 1.165) is 0 Å². The van der Waals surface area contributed by atoms with Crippen LogP contribution in [0.4, 0.5) is 11.4 Å². The number of nitro benzene ring substituents is 1. The minimum atomic E-state index is -1.01. The molecule has 0 fully saturated rings. The molecule has 2 amide bonds. The Balaban J connectivity index is 1.61. The van der Waals surface area contributed by atoms with E-state index in [-0.39, 0.29) is 22.7 Å². The van der Waals surface area contributed by atoms with Gasteiger partial charge in [0.05, 0.1) is 30.5 Å². The van der Waals surface area contributed by atoms with Crippen LogP contribution in [0.3, 0.4) is 0 Å². The average Bonchev–Trinajstić information content (AvgIpc) is 2.91. The van der Waals surface area contributed by atoms with Crippen LogP contribution in [0, 0.1) is 10.1 Å².